The van der Waals surface area contributed by atoms with Crippen molar-refractivity contribution in [2.45, 2.75) is 12.8 Å². The molecule has 1 aromatic rings. The van der Waals surface area contributed by atoms with Crippen LogP contribution < -0.4 is 15.2 Å². The van der Waals surface area contributed by atoms with Gasteiger partial charge in [0.1, 0.15) is 13.2 Å². The number of fused-ring (bicyclic) bond motifs is 1. The molecule has 0 fully saturated rings. The summed E-state index contributed by atoms with van der Waals surface area (Å²) in [5.74, 6) is 1.42. The van der Waals surface area contributed by atoms with Crippen LogP contribution in [0, 0.1) is 0 Å². The Morgan fingerprint density at radius 2 is 2.07 bits per heavy atom. The van der Waals surface area contributed by atoms with E-state index in [-0.39, 0.29) is 0 Å². The van der Waals surface area contributed by atoms with Crippen LogP contribution in [0.2, 0.25) is 5.02 Å². The van der Waals surface area contributed by atoms with E-state index in [1.807, 2.05) is 12.1 Å². The Morgan fingerprint density at radius 3 is 2.87 bits per heavy atom. The summed E-state index contributed by atoms with van der Waals surface area (Å²) in [6.07, 6.45) is 1.81. The van der Waals surface area contributed by atoms with Crippen LogP contribution in [0.15, 0.2) is 12.1 Å². The molecule has 3 nitrogen and oxygen atoms in total. The second-order valence-electron chi connectivity index (χ2n) is 3.46. The van der Waals surface area contributed by atoms with Crippen molar-refractivity contribution in [2.75, 3.05) is 19.8 Å². The van der Waals surface area contributed by atoms with Gasteiger partial charge in [-0.15, -0.1) is 0 Å². The van der Waals surface area contributed by atoms with Crippen LogP contribution in [0.25, 0.3) is 0 Å². The van der Waals surface area contributed by atoms with Crippen molar-refractivity contribution in [3.05, 3.63) is 22.7 Å². The van der Waals surface area contributed by atoms with Crippen molar-refractivity contribution >= 4 is 11.6 Å². The molecule has 15 heavy (non-hydrogen) atoms. The number of halogens is 1. The highest BCUT2D eigenvalue weighted by atomic mass is 35.5. The highest BCUT2D eigenvalue weighted by molar-refractivity contribution is 6.33. The number of aryl methyl sites for hydroxylation is 1. The maximum atomic E-state index is 6.22. The SMILES string of the molecule is NCCCc1ccc2c(c1Cl)OCCO2. The van der Waals surface area contributed by atoms with Crippen LogP contribution in [0.4, 0.5) is 0 Å². The molecular formula is C11H14ClNO2. The molecule has 0 saturated heterocycles. The van der Waals surface area contributed by atoms with Crippen molar-refractivity contribution in [1.82, 2.24) is 0 Å². The van der Waals surface area contributed by atoms with Gasteiger partial charge in [0.2, 0.25) is 0 Å². The molecule has 0 aromatic heterocycles. The summed E-state index contributed by atoms with van der Waals surface area (Å²) in [4.78, 5) is 0. The molecule has 0 spiro atoms. The standard InChI is InChI=1S/C11H14ClNO2/c12-10-8(2-1-5-13)3-4-9-11(10)15-7-6-14-9/h3-4H,1-2,5-7,13H2. The van der Waals surface area contributed by atoms with Crippen LogP contribution in [-0.2, 0) is 6.42 Å². The summed E-state index contributed by atoms with van der Waals surface area (Å²) in [6.45, 7) is 1.82. The number of benzene rings is 1. The van der Waals surface area contributed by atoms with Gasteiger partial charge in [-0.1, -0.05) is 17.7 Å². The lowest BCUT2D eigenvalue weighted by atomic mass is 10.1. The Hall–Kier alpha value is -0.930. The van der Waals surface area contributed by atoms with Gasteiger partial charge in [0, 0.05) is 0 Å². The smallest absolute Gasteiger partial charge is 0.180 e. The minimum absolute atomic E-state index is 0.563. The third-order valence-corrected chi connectivity index (χ3v) is 2.79. The van der Waals surface area contributed by atoms with Gasteiger partial charge in [0.15, 0.2) is 11.5 Å². The fraction of sp³-hybridized carbons (Fsp3) is 0.455. The number of nitrogens with two attached hydrogens (primary N) is 1. The maximum absolute atomic E-state index is 6.22. The molecule has 0 amide bonds. The lowest BCUT2D eigenvalue weighted by molar-refractivity contribution is 0.171. The van der Waals surface area contributed by atoms with E-state index in [1.54, 1.807) is 0 Å². The summed E-state index contributed by atoms with van der Waals surface area (Å²) in [5.41, 5.74) is 6.54. The molecule has 4 heteroatoms. The van der Waals surface area contributed by atoms with Crippen molar-refractivity contribution in [2.24, 2.45) is 5.73 Å². The monoisotopic (exact) mass is 227 g/mol. The molecule has 0 saturated carbocycles. The largest absolute Gasteiger partial charge is 0.486 e. The van der Waals surface area contributed by atoms with E-state index in [0.29, 0.717) is 30.5 Å². The normalized spacial score (nSPS) is 14.0. The first-order chi connectivity index (χ1) is 7.33. The number of rotatable bonds is 3. The minimum Gasteiger partial charge on any atom is -0.486 e. The summed E-state index contributed by atoms with van der Waals surface area (Å²) < 4.78 is 10.9. The zero-order chi connectivity index (χ0) is 10.7. The Kier molecular flexibility index (Phi) is 3.34. The van der Waals surface area contributed by atoms with Crippen molar-refractivity contribution in [3.63, 3.8) is 0 Å². The lowest BCUT2D eigenvalue weighted by Crippen LogP contribution is -2.16. The van der Waals surface area contributed by atoms with Gasteiger partial charge in [-0.3, -0.25) is 0 Å². The summed E-state index contributed by atoms with van der Waals surface area (Å²) in [6, 6.07) is 3.89. The summed E-state index contributed by atoms with van der Waals surface area (Å²) in [7, 11) is 0. The Labute approximate surface area is 94.1 Å². The molecule has 2 N–H and O–H groups in total. The van der Waals surface area contributed by atoms with E-state index in [9.17, 15) is 0 Å². The maximum Gasteiger partial charge on any atom is 0.180 e. The molecule has 0 aliphatic carbocycles. The molecule has 1 aromatic carbocycles. The van der Waals surface area contributed by atoms with Crippen LogP contribution >= 0.6 is 11.6 Å². The van der Waals surface area contributed by atoms with Gasteiger partial charge in [-0.25, -0.2) is 0 Å². The molecule has 82 valence electrons. The number of hydrogen-bond acceptors (Lipinski definition) is 3. The zero-order valence-electron chi connectivity index (χ0n) is 8.46. The van der Waals surface area contributed by atoms with E-state index in [0.717, 1.165) is 24.2 Å². The first-order valence-corrected chi connectivity index (χ1v) is 5.48. The van der Waals surface area contributed by atoms with Gasteiger partial charge in [0.05, 0.1) is 5.02 Å². The second-order valence-corrected chi connectivity index (χ2v) is 3.83. The molecule has 1 aliphatic heterocycles. The molecule has 0 radical (unpaired) electrons. The van der Waals surface area contributed by atoms with Crippen LogP contribution in [-0.4, -0.2) is 19.8 Å². The van der Waals surface area contributed by atoms with E-state index in [2.05, 4.69) is 0 Å². The van der Waals surface area contributed by atoms with Crippen molar-refractivity contribution in [3.8, 4) is 11.5 Å². The predicted molar refractivity (Wildman–Crippen MR) is 59.8 cm³/mol. The quantitative estimate of drug-likeness (QED) is 0.859. The average Bonchev–Trinajstić information content (AvgIpc) is 2.29. The van der Waals surface area contributed by atoms with E-state index in [1.165, 1.54) is 0 Å². The highest BCUT2D eigenvalue weighted by Gasteiger charge is 2.17. The predicted octanol–water partition coefficient (Wildman–Crippen LogP) is 2.00. The third-order valence-electron chi connectivity index (χ3n) is 2.38. The van der Waals surface area contributed by atoms with Gasteiger partial charge >= 0.3 is 0 Å². The number of hydrogen-bond donors (Lipinski definition) is 1. The molecule has 1 aliphatic rings. The van der Waals surface area contributed by atoms with Gasteiger partial charge < -0.3 is 15.2 Å². The van der Waals surface area contributed by atoms with Gasteiger partial charge in [-0.05, 0) is 31.0 Å². The molecule has 1 heterocycles. The minimum atomic E-state index is 0.563. The fourth-order valence-electron chi connectivity index (χ4n) is 1.61. The van der Waals surface area contributed by atoms with E-state index >= 15 is 0 Å². The Morgan fingerprint density at radius 1 is 1.27 bits per heavy atom. The van der Waals surface area contributed by atoms with E-state index < -0.39 is 0 Å². The average molecular weight is 228 g/mol. The summed E-state index contributed by atoms with van der Waals surface area (Å²) >= 11 is 6.22. The first-order valence-electron chi connectivity index (χ1n) is 5.10. The van der Waals surface area contributed by atoms with E-state index in [4.69, 9.17) is 26.8 Å². The van der Waals surface area contributed by atoms with Crippen LogP contribution in [0.5, 0.6) is 11.5 Å². The van der Waals surface area contributed by atoms with Crippen LogP contribution in [0.3, 0.4) is 0 Å². The number of ether oxygens (including phenoxy) is 2. The molecule has 2 rings (SSSR count). The Bertz CT molecular complexity index is 355. The zero-order valence-corrected chi connectivity index (χ0v) is 9.22. The first kappa shape index (κ1) is 10.6. The lowest BCUT2D eigenvalue weighted by Gasteiger charge is -2.20. The highest BCUT2D eigenvalue weighted by Crippen LogP contribution is 2.39. The molecule has 0 bridgehead atoms. The fourth-order valence-corrected chi connectivity index (χ4v) is 1.91. The second kappa shape index (κ2) is 4.73. The van der Waals surface area contributed by atoms with Crippen molar-refractivity contribution < 1.29 is 9.47 Å². The summed E-state index contributed by atoms with van der Waals surface area (Å²) in [5, 5.41) is 0.667. The Balaban J connectivity index is 2.26. The van der Waals surface area contributed by atoms with Gasteiger partial charge in [0.25, 0.3) is 0 Å². The van der Waals surface area contributed by atoms with Crippen LogP contribution in [0.1, 0.15) is 12.0 Å². The molecule has 0 atom stereocenters. The molecular weight excluding hydrogens is 214 g/mol. The van der Waals surface area contributed by atoms with Crippen molar-refractivity contribution in [1.29, 1.82) is 0 Å². The topological polar surface area (TPSA) is 44.5 Å². The van der Waals surface area contributed by atoms with Gasteiger partial charge in [-0.2, -0.15) is 0 Å². The third kappa shape index (κ3) is 2.19. The molecule has 0 unspecified atom stereocenters.